The zero-order valence-electron chi connectivity index (χ0n) is 21.3. The van der Waals surface area contributed by atoms with E-state index < -0.39 is 13.9 Å². The molecule has 0 bridgehead atoms. The molecule has 5 aromatic rings. The summed E-state index contributed by atoms with van der Waals surface area (Å²) >= 11 is 0. The maximum Gasteiger partial charge on any atom is 0.331 e. The SMILES string of the molecule is Cc1ccc(/C=C(\Cc2ccccc2-c2ccccc2P(c2ccccc2)c2ccccc2)C(=O)O)cc1. The Labute approximate surface area is 225 Å². The van der Waals surface area contributed by atoms with Gasteiger partial charge in [0.25, 0.3) is 0 Å². The second-order valence-electron chi connectivity index (χ2n) is 9.24. The van der Waals surface area contributed by atoms with Crippen LogP contribution in [0.3, 0.4) is 0 Å². The minimum atomic E-state index is -0.899. The molecule has 2 nitrogen and oxygen atoms in total. The number of carboxylic acid groups (broad SMARTS) is 1. The number of rotatable bonds is 8. The zero-order chi connectivity index (χ0) is 26.3. The van der Waals surface area contributed by atoms with Crippen molar-refractivity contribution in [2.75, 3.05) is 0 Å². The van der Waals surface area contributed by atoms with E-state index >= 15 is 0 Å². The Bertz CT molecular complexity index is 1520. The van der Waals surface area contributed by atoms with E-state index in [1.54, 1.807) is 6.08 Å². The number of aliphatic carboxylic acids is 1. The van der Waals surface area contributed by atoms with Crippen LogP contribution in [0.4, 0.5) is 0 Å². The molecule has 0 spiro atoms. The number of hydrogen-bond donors (Lipinski definition) is 1. The first-order chi connectivity index (χ1) is 18.6. The largest absolute Gasteiger partial charge is 0.478 e. The molecule has 38 heavy (non-hydrogen) atoms. The summed E-state index contributed by atoms with van der Waals surface area (Å²) in [5.41, 5.74) is 5.61. The smallest absolute Gasteiger partial charge is 0.331 e. The van der Waals surface area contributed by atoms with Crippen molar-refractivity contribution in [1.29, 1.82) is 0 Å². The minimum absolute atomic E-state index is 0.336. The van der Waals surface area contributed by atoms with Gasteiger partial charge in [0.1, 0.15) is 0 Å². The summed E-state index contributed by atoms with van der Waals surface area (Å²) in [4.78, 5) is 12.3. The van der Waals surface area contributed by atoms with Crippen LogP contribution in [-0.2, 0) is 11.2 Å². The van der Waals surface area contributed by atoms with Crippen LogP contribution in [0.5, 0.6) is 0 Å². The van der Waals surface area contributed by atoms with Crippen LogP contribution < -0.4 is 15.9 Å². The van der Waals surface area contributed by atoms with Gasteiger partial charge in [-0.3, -0.25) is 0 Å². The normalized spacial score (nSPS) is 11.5. The number of carbonyl (C=O) groups is 1. The lowest BCUT2D eigenvalue weighted by atomic mass is 9.94. The van der Waals surface area contributed by atoms with Crippen molar-refractivity contribution in [3.05, 3.63) is 156 Å². The Morgan fingerprint density at radius 2 is 1.18 bits per heavy atom. The van der Waals surface area contributed by atoms with Gasteiger partial charge >= 0.3 is 5.97 Å². The average Bonchev–Trinajstić information content (AvgIpc) is 2.96. The fraction of sp³-hybridized carbons (Fsp3) is 0.0571. The fourth-order valence-electron chi connectivity index (χ4n) is 4.67. The summed E-state index contributed by atoms with van der Waals surface area (Å²) in [6, 6.07) is 46.0. The number of hydrogen-bond acceptors (Lipinski definition) is 1. The van der Waals surface area contributed by atoms with E-state index in [1.165, 1.54) is 15.9 Å². The van der Waals surface area contributed by atoms with Crippen LogP contribution in [0, 0.1) is 6.92 Å². The van der Waals surface area contributed by atoms with Gasteiger partial charge in [0.15, 0.2) is 0 Å². The highest BCUT2D eigenvalue weighted by Gasteiger charge is 2.21. The molecule has 0 fully saturated rings. The molecule has 0 heterocycles. The highest BCUT2D eigenvalue weighted by molar-refractivity contribution is 7.80. The van der Waals surface area contributed by atoms with Gasteiger partial charge in [0, 0.05) is 12.0 Å². The van der Waals surface area contributed by atoms with Crippen LogP contribution in [0.15, 0.2) is 139 Å². The Morgan fingerprint density at radius 3 is 1.79 bits per heavy atom. The summed E-state index contributed by atoms with van der Waals surface area (Å²) < 4.78 is 0. The first-order valence-electron chi connectivity index (χ1n) is 12.7. The third kappa shape index (κ3) is 5.83. The van der Waals surface area contributed by atoms with Crippen molar-refractivity contribution in [2.24, 2.45) is 0 Å². The molecule has 0 saturated heterocycles. The predicted molar refractivity (Wildman–Crippen MR) is 161 cm³/mol. The summed E-state index contributed by atoms with van der Waals surface area (Å²) in [6.07, 6.45) is 2.12. The maximum atomic E-state index is 12.3. The lowest BCUT2D eigenvalue weighted by Gasteiger charge is -2.23. The summed E-state index contributed by atoms with van der Waals surface area (Å²) in [7, 11) is -0.809. The molecular formula is C35H29O2P. The summed E-state index contributed by atoms with van der Waals surface area (Å²) in [6.45, 7) is 2.03. The second kappa shape index (κ2) is 11.9. The molecule has 0 aliphatic rings. The lowest BCUT2D eigenvalue weighted by molar-refractivity contribution is -0.132. The molecule has 5 aromatic carbocycles. The van der Waals surface area contributed by atoms with Gasteiger partial charge in [-0.2, -0.15) is 0 Å². The van der Waals surface area contributed by atoms with Crippen molar-refractivity contribution < 1.29 is 9.90 Å². The molecule has 1 N–H and O–H groups in total. The molecule has 0 aromatic heterocycles. The van der Waals surface area contributed by atoms with Gasteiger partial charge < -0.3 is 5.11 Å². The van der Waals surface area contributed by atoms with Gasteiger partial charge in [-0.1, -0.05) is 139 Å². The monoisotopic (exact) mass is 512 g/mol. The van der Waals surface area contributed by atoms with E-state index in [2.05, 4.69) is 91.0 Å². The van der Waals surface area contributed by atoms with E-state index in [1.807, 2.05) is 49.4 Å². The zero-order valence-corrected chi connectivity index (χ0v) is 22.2. The van der Waals surface area contributed by atoms with Crippen molar-refractivity contribution in [3.8, 4) is 11.1 Å². The molecule has 3 heteroatoms. The van der Waals surface area contributed by atoms with E-state index in [4.69, 9.17) is 0 Å². The number of benzene rings is 5. The lowest BCUT2D eigenvalue weighted by Crippen LogP contribution is -2.22. The molecule has 0 unspecified atom stereocenters. The van der Waals surface area contributed by atoms with Gasteiger partial charge in [0.05, 0.1) is 0 Å². The maximum absolute atomic E-state index is 12.3. The molecular weight excluding hydrogens is 483 g/mol. The molecule has 0 atom stereocenters. The van der Waals surface area contributed by atoms with Crippen molar-refractivity contribution in [3.63, 3.8) is 0 Å². The van der Waals surface area contributed by atoms with E-state index in [9.17, 15) is 9.90 Å². The molecule has 0 saturated carbocycles. The Balaban J connectivity index is 1.61. The molecule has 0 aliphatic carbocycles. The minimum Gasteiger partial charge on any atom is -0.478 e. The number of aryl methyl sites for hydroxylation is 1. The van der Waals surface area contributed by atoms with Gasteiger partial charge in [-0.15, -0.1) is 0 Å². The highest BCUT2D eigenvalue weighted by Crippen LogP contribution is 2.38. The van der Waals surface area contributed by atoms with E-state index in [-0.39, 0.29) is 0 Å². The number of carboxylic acids is 1. The second-order valence-corrected chi connectivity index (χ2v) is 11.4. The van der Waals surface area contributed by atoms with Crippen LogP contribution >= 0.6 is 7.92 Å². The topological polar surface area (TPSA) is 37.3 Å². The molecule has 0 aliphatic heterocycles. The summed E-state index contributed by atoms with van der Waals surface area (Å²) in [5.74, 6) is -0.899. The van der Waals surface area contributed by atoms with Gasteiger partial charge in [-0.05, 0) is 59.1 Å². The predicted octanol–water partition coefficient (Wildman–Crippen LogP) is 7.13. The Morgan fingerprint density at radius 1 is 0.658 bits per heavy atom. The van der Waals surface area contributed by atoms with E-state index in [0.717, 1.165) is 27.8 Å². The Kier molecular flexibility index (Phi) is 7.92. The molecule has 186 valence electrons. The average molecular weight is 513 g/mol. The molecule has 5 rings (SSSR count). The van der Waals surface area contributed by atoms with E-state index in [0.29, 0.717) is 12.0 Å². The highest BCUT2D eigenvalue weighted by atomic mass is 31.1. The van der Waals surface area contributed by atoms with Crippen LogP contribution in [0.25, 0.3) is 17.2 Å². The Hall–Kier alpha value is -4.26. The third-order valence-electron chi connectivity index (χ3n) is 6.56. The van der Waals surface area contributed by atoms with Crippen LogP contribution in [0.1, 0.15) is 16.7 Å². The van der Waals surface area contributed by atoms with Crippen molar-refractivity contribution >= 4 is 35.9 Å². The van der Waals surface area contributed by atoms with Crippen molar-refractivity contribution in [1.82, 2.24) is 0 Å². The van der Waals surface area contributed by atoms with Gasteiger partial charge in [0.2, 0.25) is 0 Å². The van der Waals surface area contributed by atoms with Crippen LogP contribution in [0.2, 0.25) is 0 Å². The third-order valence-corrected chi connectivity index (χ3v) is 9.06. The standard InChI is InChI=1S/C35H29O2P/c1-26-20-22-27(23-21-26)24-29(35(36)37)25-28-12-8-9-17-32(28)33-18-10-11-19-34(33)38(30-13-4-2-5-14-30)31-15-6-3-7-16-31/h2-24H,25H2,1H3,(H,36,37)/b29-24+. The van der Waals surface area contributed by atoms with Crippen LogP contribution in [-0.4, -0.2) is 11.1 Å². The summed E-state index contributed by atoms with van der Waals surface area (Å²) in [5, 5.41) is 13.9. The first kappa shape index (κ1) is 25.4. The van der Waals surface area contributed by atoms with Crippen molar-refractivity contribution in [2.45, 2.75) is 13.3 Å². The van der Waals surface area contributed by atoms with Gasteiger partial charge in [-0.25, -0.2) is 4.79 Å². The fourth-order valence-corrected chi connectivity index (χ4v) is 7.14. The quantitative estimate of drug-likeness (QED) is 0.177. The molecule has 0 radical (unpaired) electrons. The molecule has 0 amide bonds. The first-order valence-corrected chi connectivity index (χ1v) is 14.0.